The second-order valence-electron chi connectivity index (χ2n) is 5.87. The highest BCUT2D eigenvalue weighted by Gasteiger charge is 2.22. The van der Waals surface area contributed by atoms with Gasteiger partial charge in [-0.1, -0.05) is 30.3 Å². The summed E-state index contributed by atoms with van der Waals surface area (Å²) in [6, 6.07) is 18.1. The van der Waals surface area contributed by atoms with E-state index in [-0.39, 0.29) is 12.3 Å². The van der Waals surface area contributed by atoms with E-state index in [1.165, 1.54) is 0 Å². The quantitative estimate of drug-likeness (QED) is 0.498. The second kappa shape index (κ2) is 4.26. The van der Waals surface area contributed by atoms with Gasteiger partial charge in [0.25, 0.3) is 5.56 Å². The first-order valence-corrected chi connectivity index (χ1v) is 7.59. The molecule has 112 valence electrons. The summed E-state index contributed by atoms with van der Waals surface area (Å²) in [5, 5.41) is 2.10. The minimum Gasteiger partial charge on any atom is -0.472 e. The van der Waals surface area contributed by atoms with E-state index in [1.54, 1.807) is 4.57 Å². The molecule has 0 aliphatic carbocycles. The van der Waals surface area contributed by atoms with E-state index in [0.29, 0.717) is 0 Å². The fraction of sp³-hybridized carbons (Fsp3) is 0.105. The van der Waals surface area contributed by atoms with Gasteiger partial charge in [-0.15, -0.1) is 0 Å². The monoisotopic (exact) mass is 302 g/mol. The topological polar surface area (TPSA) is 36.2 Å². The molecule has 5 rings (SSSR count). The van der Waals surface area contributed by atoms with Crippen molar-refractivity contribution in [1.29, 1.82) is 0 Å². The molecule has 0 atom stereocenters. The Balaban J connectivity index is 2.01. The predicted octanol–water partition coefficient (Wildman–Crippen LogP) is 3.51. The SMILES string of the molecule is Cn1c2ccccc2c2cc3n(c(=O)c21)COc1ccccc1-3. The number of para-hydroxylation sites is 2. The van der Waals surface area contributed by atoms with Gasteiger partial charge in [-0.3, -0.25) is 9.36 Å². The molecule has 0 saturated heterocycles. The lowest BCUT2D eigenvalue weighted by molar-refractivity contribution is 0.226. The molecule has 0 unspecified atom stereocenters. The third-order valence-corrected chi connectivity index (χ3v) is 4.68. The Labute approximate surface area is 132 Å². The maximum atomic E-state index is 13.0. The summed E-state index contributed by atoms with van der Waals surface area (Å²) in [5.74, 6) is 0.825. The Morgan fingerprint density at radius 1 is 1.00 bits per heavy atom. The van der Waals surface area contributed by atoms with E-state index >= 15 is 0 Å². The van der Waals surface area contributed by atoms with E-state index < -0.39 is 0 Å². The highest BCUT2D eigenvalue weighted by atomic mass is 16.5. The number of pyridine rings is 1. The summed E-state index contributed by atoms with van der Waals surface area (Å²) in [4.78, 5) is 13.0. The summed E-state index contributed by atoms with van der Waals surface area (Å²) in [6.45, 7) is 0.253. The third-order valence-electron chi connectivity index (χ3n) is 4.68. The standard InChI is InChI=1S/C19H14N2O2/c1-20-15-8-4-2-6-12(15)14-10-16-13-7-3-5-9-17(13)23-11-21(16)19(22)18(14)20/h2-10H,11H2,1H3. The number of aryl methyl sites for hydroxylation is 1. The number of fused-ring (bicyclic) bond motifs is 6. The fourth-order valence-electron chi connectivity index (χ4n) is 3.57. The van der Waals surface area contributed by atoms with Gasteiger partial charge in [0.2, 0.25) is 0 Å². The molecule has 3 heterocycles. The average Bonchev–Trinajstić information content (AvgIpc) is 2.88. The van der Waals surface area contributed by atoms with Gasteiger partial charge in [-0.05, 0) is 24.3 Å². The molecule has 1 aliphatic rings. The molecule has 0 saturated carbocycles. The zero-order valence-electron chi connectivity index (χ0n) is 12.6. The summed E-state index contributed by atoms with van der Waals surface area (Å²) in [6.07, 6.45) is 0. The molecule has 0 bridgehead atoms. The summed E-state index contributed by atoms with van der Waals surface area (Å²) < 4.78 is 9.43. The van der Waals surface area contributed by atoms with Crippen LogP contribution < -0.4 is 10.3 Å². The lowest BCUT2D eigenvalue weighted by Gasteiger charge is -2.22. The maximum Gasteiger partial charge on any atom is 0.278 e. The van der Waals surface area contributed by atoms with E-state index in [4.69, 9.17) is 4.74 Å². The Hall–Kier alpha value is -3.01. The minimum absolute atomic E-state index is 0.00861. The van der Waals surface area contributed by atoms with Crippen molar-refractivity contribution in [2.24, 2.45) is 7.05 Å². The second-order valence-corrected chi connectivity index (χ2v) is 5.87. The molecule has 4 heteroatoms. The van der Waals surface area contributed by atoms with Gasteiger partial charge in [0.15, 0.2) is 6.73 Å². The van der Waals surface area contributed by atoms with Crippen molar-refractivity contribution < 1.29 is 4.74 Å². The summed E-state index contributed by atoms with van der Waals surface area (Å²) in [7, 11) is 1.94. The number of rotatable bonds is 0. The van der Waals surface area contributed by atoms with Crippen molar-refractivity contribution >= 4 is 21.8 Å². The molecule has 4 nitrogen and oxygen atoms in total. The number of hydrogen-bond donors (Lipinski definition) is 0. The van der Waals surface area contributed by atoms with Crippen LogP contribution >= 0.6 is 0 Å². The van der Waals surface area contributed by atoms with Crippen molar-refractivity contribution in [3.05, 3.63) is 65.0 Å². The molecule has 4 aromatic rings. The highest BCUT2D eigenvalue weighted by Crippen LogP contribution is 2.36. The first-order chi connectivity index (χ1) is 11.3. The van der Waals surface area contributed by atoms with Crippen LogP contribution in [-0.4, -0.2) is 9.13 Å². The molecule has 0 N–H and O–H groups in total. The zero-order valence-corrected chi connectivity index (χ0v) is 12.6. The van der Waals surface area contributed by atoms with E-state index in [0.717, 1.165) is 38.8 Å². The molecule has 23 heavy (non-hydrogen) atoms. The van der Waals surface area contributed by atoms with Crippen LogP contribution in [0.1, 0.15) is 0 Å². The molecule has 0 fully saturated rings. The van der Waals surface area contributed by atoms with Crippen LogP contribution in [0.2, 0.25) is 0 Å². The van der Waals surface area contributed by atoms with Crippen LogP contribution in [0.15, 0.2) is 59.4 Å². The molecular weight excluding hydrogens is 288 g/mol. The number of aromatic nitrogens is 2. The van der Waals surface area contributed by atoms with E-state index in [2.05, 4.69) is 12.1 Å². The predicted molar refractivity (Wildman–Crippen MR) is 90.7 cm³/mol. The lowest BCUT2D eigenvalue weighted by Crippen LogP contribution is -2.28. The number of nitrogens with zero attached hydrogens (tertiary/aromatic N) is 2. The van der Waals surface area contributed by atoms with Crippen LogP contribution in [0.5, 0.6) is 5.75 Å². The Morgan fingerprint density at radius 2 is 1.78 bits per heavy atom. The molecule has 0 amide bonds. The van der Waals surface area contributed by atoms with Crippen molar-refractivity contribution in [3.63, 3.8) is 0 Å². The first-order valence-electron chi connectivity index (χ1n) is 7.59. The molecule has 0 spiro atoms. The molecular formula is C19H14N2O2. The van der Waals surface area contributed by atoms with Gasteiger partial charge in [-0.25, -0.2) is 0 Å². The van der Waals surface area contributed by atoms with Crippen molar-refractivity contribution in [3.8, 4) is 17.0 Å². The third kappa shape index (κ3) is 1.52. The largest absolute Gasteiger partial charge is 0.472 e. The van der Waals surface area contributed by atoms with Gasteiger partial charge < -0.3 is 9.30 Å². The average molecular weight is 302 g/mol. The molecule has 2 aromatic heterocycles. The summed E-state index contributed by atoms with van der Waals surface area (Å²) in [5.41, 5.74) is 3.66. The number of hydrogen-bond acceptors (Lipinski definition) is 2. The Bertz CT molecular complexity index is 1150. The Kier molecular flexibility index (Phi) is 2.32. The Morgan fingerprint density at radius 3 is 2.70 bits per heavy atom. The van der Waals surface area contributed by atoms with Crippen LogP contribution in [0.4, 0.5) is 0 Å². The first kappa shape index (κ1) is 12.5. The highest BCUT2D eigenvalue weighted by molar-refractivity contribution is 6.08. The van der Waals surface area contributed by atoms with Gasteiger partial charge in [-0.2, -0.15) is 0 Å². The maximum absolute atomic E-state index is 13.0. The van der Waals surface area contributed by atoms with Gasteiger partial charge in [0.1, 0.15) is 11.3 Å². The van der Waals surface area contributed by atoms with Crippen molar-refractivity contribution in [2.45, 2.75) is 6.73 Å². The normalized spacial score (nSPS) is 12.9. The molecule has 0 radical (unpaired) electrons. The molecule has 1 aliphatic heterocycles. The fourth-order valence-corrected chi connectivity index (χ4v) is 3.57. The van der Waals surface area contributed by atoms with Crippen LogP contribution in [0.3, 0.4) is 0 Å². The van der Waals surface area contributed by atoms with Crippen LogP contribution in [0.25, 0.3) is 33.1 Å². The summed E-state index contributed by atoms with van der Waals surface area (Å²) >= 11 is 0. The smallest absolute Gasteiger partial charge is 0.278 e. The lowest BCUT2D eigenvalue weighted by atomic mass is 10.1. The van der Waals surface area contributed by atoms with Crippen molar-refractivity contribution in [1.82, 2.24) is 9.13 Å². The zero-order chi connectivity index (χ0) is 15.6. The minimum atomic E-state index is -0.00861. The molecule has 2 aromatic carbocycles. The van der Waals surface area contributed by atoms with Gasteiger partial charge in [0, 0.05) is 28.9 Å². The number of ether oxygens (including phenoxy) is 1. The van der Waals surface area contributed by atoms with E-state index in [9.17, 15) is 4.79 Å². The van der Waals surface area contributed by atoms with Gasteiger partial charge in [0.05, 0.1) is 5.69 Å². The van der Waals surface area contributed by atoms with E-state index in [1.807, 2.05) is 54.1 Å². The van der Waals surface area contributed by atoms with Gasteiger partial charge >= 0.3 is 0 Å². The van der Waals surface area contributed by atoms with Crippen LogP contribution in [-0.2, 0) is 13.8 Å². The number of benzene rings is 2. The van der Waals surface area contributed by atoms with Crippen LogP contribution in [0, 0.1) is 0 Å². The van der Waals surface area contributed by atoms with Crippen molar-refractivity contribution in [2.75, 3.05) is 0 Å².